The Bertz CT molecular complexity index is 507. The zero-order chi connectivity index (χ0) is 13.3. The average Bonchev–Trinajstić information content (AvgIpc) is 2.60. The number of nitrogens with zero attached hydrogens (tertiary/aromatic N) is 3. The molecular weight excluding hydrogens is 241 g/mol. The van der Waals surface area contributed by atoms with E-state index in [0.717, 1.165) is 11.1 Å². The Kier molecular flexibility index (Phi) is 3.09. The summed E-state index contributed by atoms with van der Waals surface area (Å²) < 4.78 is 13.5. The van der Waals surface area contributed by atoms with Crippen LogP contribution < -0.4 is 10.6 Å². The van der Waals surface area contributed by atoms with E-state index in [9.17, 15) is 14.0 Å². The van der Waals surface area contributed by atoms with Crippen molar-refractivity contribution in [2.45, 2.75) is 12.5 Å². The maximum atomic E-state index is 13.5. The summed E-state index contributed by atoms with van der Waals surface area (Å²) in [4.78, 5) is 31.5. The van der Waals surface area contributed by atoms with E-state index in [0.29, 0.717) is 0 Å². The molecule has 1 aromatic heterocycles. The molecule has 7 nitrogen and oxygen atoms in total. The summed E-state index contributed by atoms with van der Waals surface area (Å²) in [5, 5.41) is 5.27. The van der Waals surface area contributed by atoms with Crippen LogP contribution in [0.15, 0.2) is 6.20 Å². The predicted octanol–water partition coefficient (Wildman–Crippen LogP) is -0.173. The molecule has 2 amide bonds. The van der Waals surface area contributed by atoms with Gasteiger partial charge in [0.1, 0.15) is 6.04 Å². The van der Waals surface area contributed by atoms with E-state index >= 15 is 0 Å². The van der Waals surface area contributed by atoms with Gasteiger partial charge in [-0.25, -0.2) is 9.37 Å². The van der Waals surface area contributed by atoms with Crippen LogP contribution in [0.4, 0.5) is 16.2 Å². The molecule has 1 saturated heterocycles. The lowest BCUT2D eigenvalue weighted by molar-refractivity contribution is -0.136. The topological polar surface area (TPSA) is 87.2 Å². The summed E-state index contributed by atoms with van der Waals surface area (Å²) >= 11 is 0. The van der Waals surface area contributed by atoms with Crippen molar-refractivity contribution in [1.29, 1.82) is 0 Å². The molecule has 2 heterocycles. The van der Waals surface area contributed by atoms with Crippen molar-refractivity contribution in [1.82, 2.24) is 14.9 Å². The van der Waals surface area contributed by atoms with E-state index in [4.69, 9.17) is 0 Å². The van der Waals surface area contributed by atoms with E-state index in [2.05, 4.69) is 20.6 Å². The van der Waals surface area contributed by atoms with Crippen LogP contribution >= 0.6 is 0 Å². The Morgan fingerprint density at radius 3 is 2.78 bits per heavy atom. The summed E-state index contributed by atoms with van der Waals surface area (Å²) in [5.74, 6) is -1.26. The molecule has 1 unspecified atom stereocenters. The fourth-order valence-electron chi connectivity index (χ4n) is 1.62. The van der Waals surface area contributed by atoms with Crippen LogP contribution in [0, 0.1) is 5.82 Å². The predicted molar refractivity (Wildman–Crippen MR) is 61.3 cm³/mol. The molecule has 1 aliphatic rings. The molecule has 1 aromatic rings. The second-order valence-electron chi connectivity index (χ2n) is 3.83. The Morgan fingerprint density at radius 1 is 1.50 bits per heavy atom. The largest absolute Gasteiger partial charge is 0.357 e. The smallest absolute Gasteiger partial charge is 0.251 e. The minimum atomic E-state index is -0.781. The summed E-state index contributed by atoms with van der Waals surface area (Å²) in [6, 6.07) is -0.781. The third kappa shape index (κ3) is 2.08. The quantitative estimate of drug-likeness (QED) is 0.727. The van der Waals surface area contributed by atoms with Crippen molar-refractivity contribution in [2.24, 2.45) is 0 Å². The lowest BCUT2D eigenvalue weighted by atomic mass is 10.2. The van der Waals surface area contributed by atoms with Crippen molar-refractivity contribution in [2.75, 3.05) is 24.7 Å². The molecule has 1 fully saturated rings. The van der Waals surface area contributed by atoms with Gasteiger partial charge in [0.05, 0.1) is 12.6 Å². The molecule has 0 aromatic carbocycles. The molecule has 18 heavy (non-hydrogen) atoms. The molecule has 0 spiro atoms. The van der Waals surface area contributed by atoms with Gasteiger partial charge in [-0.3, -0.25) is 14.5 Å². The number of hydrogen-bond donors (Lipinski definition) is 2. The SMILES string of the molecule is CNc1ncc(F)c(NC2CC(=O)N(C)C2=O)n1. The lowest BCUT2D eigenvalue weighted by Crippen LogP contribution is -2.32. The first-order valence-electron chi connectivity index (χ1n) is 5.30. The highest BCUT2D eigenvalue weighted by atomic mass is 19.1. The first-order chi connectivity index (χ1) is 8.52. The minimum Gasteiger partial charge on any atom is -0.357 e. The summed E-state index contributed by atoms with van der Waals surface area (Å²) in [7, 11) is 2.98. The van der Waals surface area contributed by atoms with Gasteiger partial charge in [0, 0.05) is 14.1 Å². The fraction of sp³-hybridized carbons (Fsp3) is 0.400. The van der Waals surface area contributed by atoms with Gasteiger partial charge in [0.2, 0.25) is 11.9 Å². The molecule has 1 aliphatic heterocycles. The van der Waals surface area contributed by atoms with Gasteiger partial charge in [0.25, 0.3) is 5.91 Å². The van der Waals surface area contributed by atoms with E-state index < -0.39 is 17.8 Å². The van der Waals surface area contributed by atoms with Crippen LogP contribution in [0.1, 0.15) is 6.42 Å². The van der Waals surface area contributed by atoms with Gasteiger partial charge in [-0.1, -0.05) is 0 Å². The van der Waals surface area contributed by atoms with Crippen molar-refractivity contribution in [3.05, 3.63) is 12.0 Å². The molecular formula is C10H12FN5O2. The number of carbonyl (C=O) groups is 2. The van der Waals surface area contributed by atoms with Gasteiger partial charge in [-0.2, -0.15) is 4.98 Å². The summed E-state index contributed by atoms with van der Waals surface area (Å²) in [5.41, 5.74) is 0. The maximum Gasteiger partial charge on any atom is 0.251 e. The number of likely N-dealkylation sites (N-methyl/N-ethyl adjacent to an activating group) is 1. The van der Waals surface area contributed by atoms with E-state index in [1.165, 1.54) is 7.05 Å². The number of aromatic nitrogens is 2. The highest BCUT2D eigenvalue weighted by molar-refractivity contribution is 6.06. The first kappa shape index (κ1) is 12.2. The molecule has 0 saturated carbocycles. The molecule has 0 aliphatic carbocycles. The van der Waals surface area contributed by atoms with Crippen LogP contribution in [0.5, 0.6) is 0 Å². The van der Waals surface area contributed by atoms with Gasteiger partial charge >= 0.3 is 0 Å². The van der Waals surface area contributed by atoms with Gasteiger partial charge in [0.15, 0.2) is 11.6 Å². The van der Waals surface area contributed by atoms with E-state index in [1.807, 2.05) is 0 Å². The fourth-order valence-corrected chi connectivity index (χ4v) is 1.62. The Hall–Kier alpha value is -2.25. The number of anilines is 2. The van der Waals surface area contributed by atoms with Crippen LogP contribution in [0.25, 0.3) is 0 Å². The second-order valence-corrected chi connectivity index (χ2v) is 3.83. The van der Waals surface area contributed by atoms with Gasteiger partial charge in [-0.05, 0) is 0 Å². The number of nitrogens with one attached hydrogen (secondary N) is 2. The number of hydrogen-bond acceptors (Lipinski definition) is 6. The number of rotatable bonds is 3. The Morgan fingerprint density at radius 2 is 2.22 bits per heavy atom. The maximum absolute atomic E-state index is 13.5. The summed E-state index contributed by atoms with van der Waals surface area (Å²) in [6.45, 7) is 0. The van der Waals surface area contributed by atoms with E-state index in [-0.39, 0.29) is 24.1 Å². The zero-order valence-electron chi connectivity index (χ0n) is 9.90. The average molecular weight is 253 g/mol. The molecule has 1 atom stereocenters. The van der Waals surface area contributed by atoms with Crippen molar-refractivity contribution in [3.63, 3.8) is 0 Å². The van der Waals surface area contributed by atoms with Crippen LogP contribution in [-0.4, -0.2) is 46.8 Å². The first-order valence-corrected chi connectivity index (χ1v) is 5.30. The molecule has 2 N–H and O–H groups in total. The third-order valence-electron chi connectivity index (χ3n) is 2.66. The van der Waals surface area contributed by atoms with Crippen molar-refractivity contribution in [3.8, 4) is 0 Å². The number of amides is 2. The second kappa shape index (κ2) is 4.55. The van der Waals surface area contributed by atoms with Crippen molar-refractivity contribution < 1.29 is 14.0 Å². The highest BCUT2D eigenvalue weighted by Crippen LogP contribution is 2.18. The standard InChI is InChI=1S/C10H12FN5O2/c1-12-10-13-4-5(11)8(15-10)14-6-3-7(17)16(2)9(6)18/h4,6H,3H2,1-2H3,(H2,12,13,14,15). The Balaban J connectivity index is 2.19. The summed E-state index contributed by atoms with van der Waals surface area (Å²) in [6.07, 6.45) is 0.986. The number of likely N-dealkylation sites (tertiary alicyclic amines) is 1. The Labute approximate surface area is 102 Å². The third-order valence-corrected chi connectivity index (χ3v) is 2.66. The van der Waals surface area contributed by atoms with Crippen molar-refractivity contribution >= 4 is 23.6 Å². The molecule has 2 rings (SSSR count). The van der Waals surface area contributed by atoms with Crippen LogP contribution in [0.2, 0.25) is 0 Å². The van der Waals surface area contributed by atoms with Gasteiger partial charge < -0.3 is 10.6 Å². The number of halogens is 1. The van der Waals surface area contributed by atoms with E-state index in [1.54, 1.807) is 7.05 Å². The molecule has 8 heteroatoms. The number of imide groups is 1. The molecule has 96 valence electrons. The van der Waals surface area contributed by atoms with Crippen LogP contribution in [0.3, 0.4) is 0 Å². The van der Waals surface area contributed by atoms with Gasteiger partial charge in [-0.15, -0.1) is 0 Å². The molecule has 0 radical (unpaired) electrons. The number of carbonyl (C=O) groups excluding carboxylic acids is 2. The lowest BCUT2D eigenvalue weighted by Gasteiger charge is -2.12. The monoisotopic (exact) mass is 253 g/mol. The minimum absolute atomic E-state index is 0.00629. The highest BCUT2D eigenvalue weighted by Gasteiger charge is 2.36. The molecule has 0 bridgehead atoms. The normalized spacial score (nSPS) is 19.3. The van der Waals surface area contributed by atoms with Crippen LogP contribution in [-0.2, 0) is 9.59 Å². The zero-order valence-corrected chi connectivity index (χ0v) is 9.90.